The van der Waals surface area contributed by atoms with E-state index in [9.17, 15) is 9.59 Å². The van der Waals surface area contributed by atoms with Gasteiger partial charge in [0.25, 0.3) is 5.56 Å². The lowest BCUT2D eigenvalue weighted by molar-refractivity contribution is 0.0966. The predicted molar refractivity (Wildman–Crippen MR) is 103 cm³/mol. The molecular formula is C21H18N4O2. The molecule has 6 nitrogen and oxygen atoms in total. The Labute approximate surface area is 155 Å². The number of aromatic nitrogens is 4. The first-order valence-electron chi connectivity index (χ1n) is 8.66. The van der Waals surface area contributed by atoms with Gasteiger partial charge in [-0.15, -0.1) is 0 Å². The fourth-order valence-corrected chi connectivity index (χ4v) is 3.16. The van der Waals surface area contributed by atoms with E-state index in [2.05, 4.69) is 10.2 Å². The van der Waals surface area contributed by atoms with Gasteiger partial charge in [0.05, 0.1) is 17.6 Å². The molecule has 6 heteroatoms. The number of ketones is 1. The number of carbonyl (C=O) groups is 1. The average molecular weight is 358 g/mol. The lowest BCUT2D eigenvalue weighted by Gasteiger charge is -2.09. The van der Waals surface area contributed by atoms with Gasteiger partial charge < -0.3 is 0 Å². The van der Waals surface area contributed by atoms with Crippen LogP contribution in [-0.4, -0.2) is 25.3 Å². The Morgan fingerprint density at radius 2 is 1.70 bits per heavy atom. The Kier molecular flexibility index (Phi) is 4.16. The van der Waals surface area contributed by atoms with E-state index >= 15 is 0 Å². The van der Waals surface area contributed by atoms with Gasteiger partial charge in [-0.1, -0.05) is 48.5 Å². The summed E-state index contributed by atoms with van der Waals surface area (Å²) in [6, 6.07) is 16.6. The minimum Gasteiger partial charge on any atom is -0.292 e. The fraction of sp³-hybridized carbons (Fsp3) is 0.143. The van der Waals surface area contributed by atoms with Crippen molar-refractivity contribution in [3.63, 3.8) is 0 Å². The van der Waals surface area contributed by atoms with Gasteiger partial charge in [-0.05, 0) is 25.5 Å². The molecule has 134 valence electrons. The van der Waals surface area contributed by atoms with Crippen LogP contribution in [-0.2, 0) is 6.54 Å². The number of aryl methyl sites for hydroxylation is 2. The van der Waals surface area contributed by atoms with Crippen molar-refractivity contribution in [1.29, 1.82) is 0 Å². The average Bonchev–Trinajstić information content (AvgIpc) is 3.12. The standard InChI is InChI=1S/C21H18N4O2/c1-14-8-6-7-11-18(14)25-20-17(12-22-25)15(2)23-24(21(20)27)13-19(26)16-9-4-3-5-10-16/h3-12H,13H2,1-2H3. The third kappa shape index (κ3) is 2.95. The van der Waals surface area contributed by atoms with Crippen molar-refractivity contribution in [2.75, 3.05) is 0 Å². The van der Waals surface area contributed by atoms with E-state index in [1.807, 2.05) is 44.2 Å². The number of para-hydroxylation sites is 1. The van der Waals surface area contributed by atoms with Crippen LogP contribution in [0.1, 0.15) is 21.6 Å². The van der Waals surface area contributed by atoms with Crippen molar-refractivity contribution in [2.45, 2.75) is 20.4 Å². The summed E-state index contributed by atoms with van der Waals surface area (Å²) in [5, 5.41) is 9.42. The van der Waals surface area contributed by atoms with E-state index in [0.717, 1.165) is 11.3 Å². The van der Waals surface area contributed by atoms with E-state index < -0.39 is 0 Å². The summed E-state index contributed by atoms with van der Waals surface area (Å²) in [6.07, 6.45) is 1.65. The molecule has 0 spiro atoms. The highest BCUT2D eigenvalue weighted by Crippen LogP contribution is 2.19. The van der Waals surface area contributed by atoms with Gasteiger partial charge in [-0.25, -0.2) is 9.36 Å². The number of carbonyl (C=O) groups excluding carboxylic acids is 1. The molecule has 4 rings (SSSR count). The first-order valence-corrected chi connectivity index (χ1v) is 8.66. The van der Waals surface area contributed by atoms with E-state index in [4.69, 9.17) is 0 Å². The molecule has 0 aliphatic rings. The van der Waals surface area contributed by atoms with Crippen LogP contribution in [0.5, 0.6) is 0 Å². The summed E-state index contributed by atoms with van der Waals surface area (Å²) in [6.45, 7) is 3.67. The van der Waals surface area contributed by atoms with Crippen molar-refractivity contribution < 1.29 is 4.79 Å². The Hall–Kier alpha value is -3.54. The van der Waals surface area contributed by atoms with Gasteiger partial charge in [-0.2, -0.15) is 10.2 Å². The fourth-order valence-electron chi connectivity index (χ4n) is 3.16. The molecule has 0 N–H and O–H groups in total. The molecular weight excluding hydrogens is 340 g/mol. The molecule has 2 aromatic heterocycles. The number of hydrogen-bond acceptors (Lipinski definition) is 4. The van der Waals surface area contributed by atoms with Crippen molar-refractivity contribution >= 4 is 16.7 Å². The molecule has 0 aliphatic carbocycles. The maximum Gasteiger partial charge on any atom is 0.293 e. The third-order valence-corrected chi connectivity index (χ3v) is 4.60. The number of nitrogens with zero attached hydrogens (tertiary/aromatic N) is 4. The summed E-state index contributed by atoms with van der Waals surface area (Å²) in [4.78, 5) is 25.6. The Bertz CT molecular complexity index is 1210. The third-order valence-electron chi connectivity index (χ3n) is 4.60. The number of hydrogen-bond donors (Lipinski definition) is 0. The van der Waals surface area contributed by atoms with Crippen LogP contribution in [0.15, 0.2) is 65.6 Å². The zero-order valence-electron chi connectivity index (χ0n) is 15.1. The quantitative estimate of drug-likeness (QED) is 0.526. The van der Waals surface area contributed by atoms with Gasteiger partial charge in [0.15, 0.2) is 5.78 Å². The number of benzene rings is 2. The first-order chi connectivity index (χ1) is 13.1. The van der Waals surface area contributed by atoms with Crippen LogP contribution in [0.25, 0.3) is 16.6 Å². The molecule has 0 amide bonds. The van der Waals surface area contributed by atoms with Crippen LogP contribution in [0.2, 0.25) is 0 Å². The summed E-state index contributed by atoms with van der Waals surface area (Å²) >= 11 is 0. The maximum atomic E-state index is 13.1. The lowest BCUT2D eigenvalue weighted by atomic mass is 10.1. The molecule has 0 fully saturated rings. The predicted octanol–water partition coefficient (Wildman–Crippen LogP) is 3.08. The van der Waals surface area contributed by atoms with Crippen molar-refractivity contribution in [3.8, 4) is 5.69 Å². The minimum atomic E-state index is -0.333. The monoisotopic (exact) mass is 358 g/mol. The highest BCUT2D eigenvalue weighted by atomic mass is 16.1. The highest BCUT2D eigenvalue weighted by molar-refractivity contribution is 5.96. The van der Waals surface area contributed by atoms with Crippen LogP contribution in [0, 0.1) is 13.8 Å². The number of fused-ring (bicyclic) bond motifs is 1. The number of Topliss-reactive ketones (excluding diaryl/α,β-unsaturated/α-hetero) is 1. The Morgan fingerprint density at radius 3 is 2.44 bits per heavy atom. The minimum absolute atomic E-state index is 0.113. The Morgan fingerprint density at radius 1 is 1.00 bits per heavy atom. The summed E-state index contributed by atoms with van der Waals surface area (Å²) in [7, 11) is 0. The van der Waals surface area contributed by atoms with Crippen molar-refractivity contribution in [1.82, 2.24) is 19.6 Å². The van der Waals surface area contributed by atoms with E-state index in [1.54, 1.807) is 35.1 Å². The van der Waals surface area contributed by atoms with Crippen molar-refractivity contribution in [2.24, 2.45) is 0 Å². The molecule has 0 bridgehead atoms. The molecule has 0 unspecified atom stereocenters. The summed E-state index contributed by atoms with van der Waals surface area (Å²) in [5.41, 5.74) is 3.14. The van der Waals surface area contributed by atoms with Crippen LogP contribution < -0.4 is 5.56 Å². The largest absolute Gasteiger partial charge is 0.293 e. The maximum absolute atomic E-state index is 13.1. The first kappa shape index (κ1) is 16.9. The molecule has 2 aromatic carbocycles. The molecule has 0 saturated carbocycles. The van der Waals surface area contributed by atoms with Gasteiger partial charge >= 0.3 is 0 Å². The molecule has 0 saturated heterocycles. The van der Waals surface area contributed by atoms with Crippen LogP contribution in [0.3, 0.4) is 0 Å². The SMILES string of the molecule is Cc1ccccc1-n1ncc2c(C)nn(CC(=O)c3ccccc3)c(=O)c21. The molecule has 2 heterocycles. The van der Waals surface area contributed by atoms with E-state index in [1.165, 1.54) is 4.68 Å². The van der Waals surface area contributed by atoms with Gasteiger partial charge in [0.2, 0.25) is 0 Å². The molecule has 0 aliphatic heterocycles. The topological polar surface area (TPSA) is 69.8 Å². The zero-order valence-corrected chi connectivity index (χ0v) is 15.1. The second-order valence-electron chi connectivity index (χ2n) is 6.44. The van der Waals surface area contributed by atoms with Gasteiger partial charge in [0.1, 0.15) is 12.1 Å². The second-order valence-corrected chi connectivity index (χ2v) is 6.44. The van der Waals surface area contributed by atoms with Gasteiger partial charge in [0, 0.05) is 10.9 Å². The molecule has 27 heavy (non-hydrogen) atoms. The number of rotatable bonds is 4. The van der Waals surface area contributed by atoms with Crippen LogP contribution >= 0.6 is 0 Å². The smallest absolute Gasteiger partial charge is 0.292 e. The second kappa shape index (κ2) is 6.64. The summed E-state index contributed by atoms with van der Waals surface area (Å²) < 4.78 is 2.86. The molecule has 4 aromatic rings. The molecule has 0 radical (unpaired) electrons. The molecule has 0 atom stereocenters. The zero-order chi connectivity index (χ0) is 19.0. The van der Waals surface area contributed by atoms with Crippen molar-refractivity contribution in [3.05, 3.63) is 88.0 Å². The van der Waals surface area contributed by atoms with Gasteiger partial charge in [-0.3, -0.25) is 9.59 Å². The highest BCUT2D eigenvalue weighted by Gasteiger charge is 2.17. The normalized spacial score (nSPS) is 11.0. The lowest BCUT2D eigenvalue weighted by Crippen LogP contribution is -2.28. The van der Waals surface area contributed by atoms with Crippen LogP contribution in [0.4, 0.5) is 0 Å². The van der Waals surface area contributed by atoms with E-state index in [-0.39, 0.29) is 17.9 Å². The Balaban J connectivity index is 1.86. The summed E-state index contributed by atoms with van der Waals surface area (Å²) in [5.74, 6) is -0.161. The van der Waals surface area contributed by atoms with E-state index in [0.29, 0.717) is 22.2 Å².